The highest BCUT2D eigenvalue weighted by Crippen LogP contribution is 2.19. The minimum Gasteiger partial charge on any atom is -0.490 e. The third-order valence-corrected chi connectivity index (χ3v) is 5.03. The van der Waals surface area contributed by atoms with Gasteiger partial charge in [-0.15, -0.1) is 0 Å². The molecular formula is C31H27FO5. The fourth-order valence-electron chi connectivity index (χ4n) is 3.06. The second-order valence-electron chi connectivity index (χ2n) is 7.98. The van der Waals surface area contributed by atoms with Crippen LogP contribution in [0.25, 0.3) is 24.3 Å². The molecule has 0 aliphatic carbocycles. The van der Waals surface area contributed by atoms with Crippen LogP contribution in [0.15, 0.2) is 91.5 Å². The van der Waals surface area contributed by atoms with E-state index in [9.17, 15) is 14.0 Å². The average molecular weight is 499 g/mol. The van der Waals surface area contributed by atoms with E-state index in [-0.39, 0.29) is 19.0 Å². The quantitative estimate of drug-likeness (QED) is 0.0961. The molecule has 0 heterocycles. The number of ether oxygens (including phenoxy) is 3. The summed E-state index contributed by atoms with van der Waals surface area (Å²) in [5, 5.41) is 0. The number of hydrogen-bond donors (Lipinski definition) is 0. The lowest BCUT2D eigenvalue weighted by Gasteiger charge is -2.07. The van der Waals surface area contributed by atoms with Crippen LogP contribution in [0.2, 0.25) is 0 Å². The van der Waals surface area contributed by atoms with Crippen molar-refractivity contribution in [1.29, 1.82) is 0 Å². The van der Waals surface area contributed by atoms with Crippen molar-refractivity contribution in [2.75, 3.05) is 13.2 Å². The minimum absolute atomic E-state index is 0.142. The maximum absolute atomic E-state index is 14.6. The van der Waals surface area contributed by atoms with Crippen LogP contribution in [0.5, 0.6) is 11.5 Å². The van der Waals surface area contributed by atoms with E-state index in [0.29, 0.717) is 22.6 Å². The molecule has 0 amide bonds. The molecule has 37 heavy (non-hydrogen) atoms. The van der Waals surface area contributed by atoms with Crippen molar-refractivity contribution in [2.45, 2.75) is 6.92 Å². The first-order valence-electron chi connectivity index (χ1n) is 11.5. The molecule has 0 aliphatic heterocycles. The highest BCUT2D eigenvalue weighted by molar-refractivity contribution is 5.87. The molecule has 0 aliphatic rings. The molecule has 0 N–H and O–H groups in total. The number of rotatable bonds is 11. The van der Waals surface area contributed by atoms with Crippen LogP contribution >= 0.6 is 0 Å². The van der Waals surface area contributed by atoms with E-state index in [1.165, 1.54) is 6.07 Å². The molecule has 6 heteroatoms. The Kier molecular flexibility index (Phi) is 9.74. The first-order valence-corrected chi connectivity index (χ1v) is 11.5. The highest BCUT2D eigenvalue weighted by atomic mass is 19.1. The summed E-state index contributed by atoms with van der Waals surface area (Å²) in [7, 11) is 0. The molecule has 3 rings (SSSR count). The first-order chi connectivity index (χ1) is 17.8. The summed E-state index contributed by atoms with van der Waals surface area (Å²) in [6, 6.07) is 19.2. The predicted octanol–water partition coefficient (Wildman–Crippen LogP) is 6.76. The van der Waals surface area contributed by atoms with Gasteiger partial charge in [0.05, 0.1) is 0 Å². The van der Waals surface area contributed by atoms with E-state index in [0.717, 1.165) is 22.8 Å². The van der Waals surface area contributed by atoms with Crippen molar-refractivity contribution in [2.24, 2.45) is 0 Å². The van der Waals surface area contributed by atoms with Crippen molar-refractivity contribution in [3.05, 3.63) is 120 Å². The molecular weight excluding hydrogens is 471 g/mol. The Morgan fingerprint density at radius 2 is 1.38 bits per heavy atom. The van der Waals surface area contributed by atoms with Gasteiger partial charge in [0.25, 0.3) is 0 Å². The van der Waals surface area contributed by atoms with Gasteiger partial charge in [-0.2, -0.15) is 0 Å². The molecule has 0 spiro atoms. The van der Waals surface area contributed by atoms with Crippen molar-refractivity contribution in [1.82, 2.24) is 0 Å². The van der Waals surface area contributed by atoms with Crippen LogP contribution in [-0.2, 0) is 14.3 Å². The monoisotopic (exact) mass is 498 g/mol. The van der Waals surface area contributed by atoms with E-state index in [1.54, 1.807) is 49.4 Å². The number of hydrogen-bond acceptors (Lipinski definition) is 5. The van der Waals surface area contributed by atoms with E-state index in [2.05, 4.69) is 13.2 Å². The Hall–Kier alpha value is -4.71. The first kappa shape index (κ1) is 26.9. The van der Waals surface area contributed by atoms with Gasteiger partial charge in [0.15, 0.2) is 0 Å². The van der Waals surface area contributed by atoms with Gasteiger partial charge in [0, 0.05) is 17.2 Å². The molecule has 0 fully saturated rings. The number of esters is 2. The molecule has 3 aromatic carbocycles. The topological polar surface area (TPSA) is 61.8 Å². The number of halogens is 1. The molecule has 0 saturated carbocycles. The largest absolute Gasteiger partial charge is 0.490 e. The molecule has 188 valence electrons. The second-order valence-corrected chi connectivity index (χ2v) is 7.98. The number of carbonyl (C=O) groups excluding carboxylic acids is 2. The number of carbonyl (C=O) groups is 2. The molecule has 0 aromatic heterocycles. The van der Waals surface area contributed by atoms with Crippen LogP contribution < -0.4 is 9.47 Å². The van der Waals surface area contributed by atoms with Crippen molar-refractivity contribution in [3.8, 4) is 11.5 Å². The van der Waals surface area contributed by atoms with Gasteiger partial charge >= 0.3 is 11.9 Å². The Morgan fingerprint density at radius 3 is 1.97 bits per heavy atom. The molecule has 0 atom stereocenters. The van der Waals surface area contributed by atoms with Crippen LogP contribution in [0.4, 0.5) is 4.39 Å². The van der Waals surface area contributed by atoms with Gasteiger partial charge in [0.2, 0.25) is 0 Å². The lowest BCUT2D eigenvalue weighted by atomic mass is 10.1. The summed E-state index contributed by atoms with van der Waals surface area (Å²) >= 11 is 0. The smallest absolute Gasteiger partial charge is 0.335 e. The van der Waals surface area contributed by atoms with Gasteiger partial charge in [-0.25, -0.2) is 14.0 Å². The Bertz CT molecular complexity index is 1320. The molecule has 0 unspecified atom stereocenters. The zero-order valence-corrected chi connectivity index (χ0v) is 20.5. The fourth-order valence-corrected chi connectivity index (χ4v) is 3.06. The average Bonchev–Trinajstić information content (AvgIpc) is 2.90. The molecule has 5 nitrogen and oxygen atoms in total. The maximum atomic E-state index is 14.6. The molecule has 0 radical (unpaired) electrons. The van der Waals surface area contributed by atoms with Crippen molar-refractivity contribution in [3.63, 3.8) is 0 Å². The van der Waals surface area contributed by atoms with Crippen LogP contribution in [0.3, 0.4) is 0 Å². The van der Waals surface area contributed by atoms with E-state index >= 15 is 0 Å². The summed E-state index contributed by atoms with van der Waals surface area (Å²) < 4.78 is 30.2. The van der Waals surface area contributed by atoms with Gasteiger partial charge in [0.1, 0.15) is 30.5 Å². The standard InChI is InChI=1S/C31H27FO5/c1-4-30(33)37-28-17-11-24(12-18-28)7-13-26-14-8-25(21-29(26)32)6-5-23-9-15-27(16-10-23)35-19-20-36-31(34)22(2)3/h4-18,21H,1-2,19-20H2,3H3. The van der Waals surface area contributed by atoms with Gasteiger partial charge in [-0.05, 0) is 53.9 Å². The summed E-state index contributed by atoms with van der Waals surface area (Å²) in [4.78, 5) is 22.6. The third-order valence-electron chi connectivity index (χ3n) is 5.03. The summed E-state index contributed by atoms with van der Waals surface area (Å²) in [5.74, 6) is -0.247. The lowest BCUT2D eigenvalue weighted by Crippen LogP contribution is -2.12. The van der Waals surface area contributed by atoms with E-state index in [1.807, 2.05) is 42.5 Å². The van der Waals surface area contributed by atoms with Crippen LogP contribution in [0.1, 0.15) is 29.2 Å². The zero-order valence-electron chi connectivity index (χ0n) is 20.5. The summed E-state index contributed by atoms with van der Waals surface area (Å²) in [6.45, 7) is 8.85. The van der Waals surface area contributed by atoms with Crippen molar-refractivity contribution >= 4 is 36.2 Å². The van der Waals surface area contributed by atoms with Gasteiger partial charge in [-0.1, -0.05) is 73.9 Å². The van der Waals surface area contributed by atoms with Gasteiger partial charge < -0.3 is 14.2 Å². The van der Waals surface area contributed by atoms with E-state index in [4.69, 9.17) is 14.2 Å². The highest BCUT2D eigenvalue weighted by Gasteiger charge is 2.03. The van der Waals surface area contributed by atoms with Gasteiger partial charge in [-0.3, -0.25) is 0 Å². The SMILES string of the molecule is C=CC(=O)Oc1ccc(C=Cc2ccc(C=Cc3ccc(OCCOC(=O)C(=C)C)cc3)cc2F)cc1. The minimum atomic E-state index is -0.527. The predicted molar refractivity (Wildman–Crippen MR) is 144 cm³/mol. The second kappa shape index (κ2) is 13.4. The lowest BCUT2D eigenvalue weighted by molar-refractivity contribution is -0.139. The zero-order chi connectivity index (χ0) is 26.6. The summed E-state index contributed by atoms with van der Waals surface area (Å²) in [5.41, 5.74) is 3.28. The fraction of sp³-hybridized carbons (Fsp3) is 0.0968. The molecule has 0 saturated heterocycles. The normalized spacial score (nSPS) is 10.9. The Morgan fingerprint density at radius 1 is 0.811 bits per heavy atom. The van der Waals surface area contributed by atoms with Crippen molar-refractivity contribution < 1.29 is 28.2 Å². The third kappa shape index (κ3) is 8.78. The number of benzene rings is 3. The Labute approximate surface area is 215 Å². The van der Waals surface area contributed by atoms with Crippen LogP contribution in [-0.4, -0.2) is 25.2 Å². The van der Waals surface area contributed by atoms with Crippen LogP contribution in [0, 0.1) is 5.82 Å². The Balaban J connectivity index is 1.53. The molecule has 3 aromatic rings. The summed E-state index contributed by atoms with van der Waals surface area (Å²) in [6.07, 6.45) is 8.26. The maximum Gasteiger partial charge on any atom is 0.335 e. The van der Waals surface area contributed by atoms with E-state index < -0.39 is 11.9 Å². The molecule has 0 bridgehead atoms.